The van der Waals surface area contributed by atoms with Gasteiger partial charge in [0.15, 0.2) is 0 Å². The highest BCUT2D eigenvalue weighted by molar-refractivity contribution is 5.94. The highest BCUT2D eigenvalue weighted by Gasteiger charge is 2.16. The van der Waals surface area contributed by atoms with Gasteiger partial charge in [0.25, 0.3) is 5.91 Å². The maximum atomic E-state index is 13.6. The van der Waals surface area contributed by atoms with Crippen LogP contribution < -0.4 is 5.32 Å². The fraction of sp³-hybridized carbons (Fsp3) is 0.133. The fourth-order valence-electron chi connectivity index (χ4n) is 1.90. The van der Waals surface area contributed by atoms with Crippen LogP contribution in [0.4, 0.5) is 17.6 Å². The van der Waals surface area contributed by atoms with Crippen LogP contribution in [0.25, 0.3) is 0 Å². The van der Waals surface area contributed by atoms with Gasteiger partial charge in [0.05, 0.1) is 6.04 Å². The maximum absolute atomic E-state index is 13.6. The first-order valence-corrected chi connectivity index (χ1v) is 6.08. The van der Waals surface area contributed by atoms with E-state index in [0.29, 0.717) is 12.1 Å². The molecular formula is C15H11F4NO. The monoisotopic (exact) mass is 297 g/mol. The first-order chi connectivity index (χ1) is 9.86. The molecule has 0 saturated heterocycles. The molecule has 1 N–H and O–H groups in total. The molecule has 1 atom stereocenters. The SMILES string of the molecule is CC(NC(=O)c1cc(F)cc(F)c1)c1ccc(F)cc1F. The lowest BCUT2D eigenvalue weighted by atomic mass is 10.1. The number of carbonyl (C=O) groups excluding carboxylic acids is 1. The molecule has 1 amide bonds. The lowest BCUT2D eigenvalue weighted by Crippen LogP contribution is -2.27. The summed E-state index contributed by atoms with van der Waals surface area (Å²) in [7, 11) is 0. The smallest absolute Gasteiger partial charge is 0.251 e. The summed E-state index contributed by atoms with van der Waals surface area (Å²) < 4.78 is 52.5. The maximum Gasteiger partial charge on any atom is 0.251 e. The third kappa shape index (κ3) is 3.59. The van der Waals surface area contributed by atoms with Crippen molar-refractivity contribution in [2.75, 3.05) is 0 Å². The van der Waals surface area contributed by atoms with E-state index in [9.17, 15) is 22.4 Å². The molecule has 0 fully saturated rings. The number of carbonyl (C=O) groups is 1. The molecule has 0 aliphatic heterocycles. The fourth-order valence-corrected chi connectivity index (χ4v) is 1.90. The van der Waals surface area contributed by atoms with Crippen LogP contribution in [-0.2, 0) is 0 Å². The van der Waals surface area contributed by atoms with Gasteiger partial charge in [-0.15, -0.1) is 0 Å². The summed E-state index contributed by atoms with van der Waals surface area (Å²) in [4.78, 5) is 11.9. The average Bonchev–Trinajstić information content (AvgIpc) is 2.37. The van der Waals surface area contributed by atoms with E-state index in [4.69, 9.17) is 0 Å². The normalized spacial score (nSPS) is 12.0. The van der Waals surface area contributed by atoms with E-state index >= 15 is 0 Å². The quantitative estimate of drug-likeness (QED) is 0.859. The van der Waals surface area contributed by atoms with E-state index < -0.39 is 35.2 Å². The number of hydrogen-bond donors (Lipinski definition) is 1. The molecule has 6 heteroatoms. The lowest BCUT2D eigenvalue weighted by Gasteiger charge is -2.15. The Morgan fingerprint density at radius 2 is 1.57 bits per heavy atom. The zero-order valence-corrected chi connectivity index (χ0v) is 11.0. The first kappa shape index (κ1) is 15.0. The third-order valence-electron chi connectivity index (χ3n) is 2.90. The van der Waals surface area contributed by atoms with E-state index in [1.165, 1.54) is 13.0 Å². The van der Waals surface area contributed by atoms with Gasteiger partial charge in [-0.05, 0) is 25.1 Å². The second-order valence-corrected chi connectivity index (χ2v) is 4.52. The van der Waals surface area contributed by atoms with E-state index in [1.54, 1.807) is 0 Å². The van der Waals surface area contributed by atoms with Crippen molar-refractivity contribution in [3.63, 3.8) is 0 Å². The molecule has 0 aliphatic rings. The van der Waals surface area contributed by atoms with E-state index in [2.05, 4.69) is 5.32 Å². The Morgan fingerprint density at radius 1 is 0.952 bits per heavy atom. The summed E-state index contributed by atoms with van der Waals surface area (Å²) in [5, 5.41) is 2.39. The molecule has 0 spiro atoms. The molecule has 0 saturated carbocycles. The van der Waals surface area contributed by atoms with Crippen molar-refractivity contribution in [2.24, 2.45) is 0 Å². The Kier molecular flexibility index (Phi) is 4.26. The van der Waals surface area contributed by atoms with Gasteiger partial charge in [-0.3, -0.25) is 4.79 Å². The Hall–Kier alpha value is -2.37. The molecule has 0 aromatic heterocycles. The van der Waals surface area contributed by atoms with E-state index in [1.807, 2.05) is 0 Å². The van der Waals surface area contributed by atoms with Crippen LogP contribution >= 0.6 is 0 Å². The van der Waals surface area contributed by atoms with Crippen LogP contribution in [0, 0.1) is 23.3 Å². The zero-order chi connectivity index (χ0) is 15.6. The molecule has 2 nitrogen and oxygen atoms in total. The van der Waals surface area contributed by atoms with Gasteiger partial charge in [-0.25, -0.2) is 17.6 Å². The molecule has 0 heterocycles. The van der Waals surface area contributed by atoms with Crippen molar-refractivity contribution in [1.29, 1.82) is 0 Å². The highest BCUT2D eigenvalue weighted by atomic mass is 19.1. The molecule has 0 aliphatic carbocycles. The van der Waals surface area contributed by atoms with Gasteiger partial charge in [-0.1, -0.05) is 6.07 Å². The van der Waals surface area contributed by atoms with Crippen LogP contribution in [0.3, 0.4) is 0 Å². The van der Waals surface area contributed by atoms with Gasteiger partial charge in [0.1, 0.15) is 23.3 Å². The molecular weight excluding hydrogens is 286 g/mol. The van der Waals surface area contributed by atoms with Crippen molar-refractivity contribution < 1.29 is 22.4 Å². The number of rotatable bonds is 3. The van der Waals surface area contributed by atoms with Crippen molar-refractivity contribution in [3.8, 4) is 0 Å². The molecule has 0 bridgehead atoms. The van der Waals surface area contributed by atoms with Crippen molar-refractivity contribution in [3.05, 3.63) is 70.8 Å². The second kappa shape index (κ2) is 5.95. The summed E-state index contributed by atoms with van der Waals surface area (Å²) >= 11 is 0. The summed E-state index contributed by atoms with van der Waals surface area (Å²) in [5.74, 6) is -4.08. The van der Waals surface area contributed by atoms with Crippen LogP contribution in [0.15, 0.2) is 36.4 Å². The minimum atomic E-state index is -0.888. The number of hydrogen-bond acceptors (Lipinski definition) is 1. The summed E-state index contributed by atoms with van der Waals surface area (Å²) in [5.41, 5.74) is -0.150. The third-order valence-corrected chi connectivity index (χ3v) is 2.90. The van der Waals surface area contributed by atoms with Crippen molar-refractivity contribution >= 4 is 5.91 Å². The topological polar surface area (TPSA) is 29.1 Å². The van der Waals surface area contributed by atoms with Crippen molar-refractivity contribution in [2.45, 2.75) is 13.0 Å². The molecule has 1 unspecified atom stereocenters. The number of amides is 1. The van der Waals surface area contributed by atoms with Gasteiger partial charge in [0.2, 0.25) is 0 Å². The van der Waals surface area contributed by atoms with Crippen LogP contribution in [0.1, 0.15) is 28.9 Å². The molecule has 2 rings (SSSR count). The summed E-state index contributed by atoms with van der Waals surface area (Å²) in [6.45, 7) is 1.48. The zero-order valence-electron chi connectivity index (χ0n) is 11.0. The first-order valence-electron chi connectivity index (χ1n) is 6.08. The Labute approximate surface area is 118 Å². The average molecular weight is 297 g/mol. The van der Waals surface area contributed by atoms with Gasteiger partial charge >= 0.3 is 0 Å². The summed E-state index contributed by atoms with van der Waals surface area (Å²) in [6.07, 6.45) is 0. The molecule has 2 aromatic carbocycles. The van der Waals surface area contributed by atoms with Crippen LogP contribution in [0.5, 0.6) is 0 Å². The predicted molar refractivity (Wildman–Crippen MR) is 68.6 cm³/mol. The van der Waals surface area contributed by atoms with Gasteiger partial charge in [-0.2, -0.15) is 0 Å². The second-order valence-electron chi connectivity index (χ2n) is 4.52. The van der Waals surface area contributed by atoms with Gasteiger partial charge in [0, 0.05) is 23.3 Å². The minimum absolute atomic E-state index is 0.0709. The number of nitrogens with one attached hydrogen (secondary N) is 1. The Bertz CT molecular complexity index is 667. The highest BCUT2D eigenvalue weighted by Crippen LogP contribution is 2.18. The Morgan fingerprint density at radius 3 is 2.14 bits per heavy atom. The number of benzene rings is 2. The van der Waals surface area contributed by atoms with Crippen molar-refractivity contribution in [1.82, 2.24) is 5.32 Å². The molecule has 21 heavy (non-hydrogen) atoms. The number of halogens is 4. The van der Waals surface area contributed by atoms with Crippen LogP contribution in [-0.4, -0.2) is 5.91 Å². The van der Waals surface area contributed by atoms with Crippen LogP contribution in [0.2, 0.25) is 0 Å². The molecule has 110 valence electrons. The summed E-state index contributed by atoms with van der Waals surface area (Å²) in [6, 6.07) is 4.53. The standard InChI is InChI=1S/C15H11F4NO/c1-8(13-3-2-10(16)7-14(13)19)20-15(21)9-4-11(17)6-12(18)5-9/h2-8H,1H3,(H,20,21). The van der Waals surface area contributed by atoms with E-state index in [-0.39, 0.29) is 11.1 Å². The lowest BCUT2D eigenvalue weighted by molar-refractivity contribution is 0.0938. The Balaban J connectivity index is 2.18. The minimum Gasteiger partial charge on any atom is -0.345 e. The largest absolute Gasteiger partial charge is 0.345 e. The molecule has 2 aromatic rings. The van der Waals surface area contributed by atoms with Gasteiger partial charge < -0.3 is 5.32 Å². The predicted octanol–water partition coefficient (Wildman–Crippen LogP) is 3.73. The molecule has 0 radical (unpaired) electrons. The van der Waals surface area contributed by atoms with E-state index in [0.717, 1.165) is 18.2 Å².